The third-order valence-electron chi connectivity index (χ3n) is 2.74. The Hall–Kier alpha value is -1.64. The van der Waals surface area contributed by atoms with Crippen molar-refractivity contribution in [2.24, 2.45) is 0 Å². The van der Waals surface area contributed by atoms with Crippen LogP contribution in [0.2, 0.25) is 4.34 Å². The molecule has 0 saturated carbocycles. The van der Waals surface area contributed by atoms with E-state index in [0.29, 0.717) is 13.7 Å². The lowest BCUT2D eigenvalue weighted by Crippen LogP contribution is -2.13. The number of hydrogen-bond acceptors (Lipinski definition) is 4. The second kappa shape index (κ2) is 5.22. The van der Waals surface area contributed by atoms with E-state index in [9.17, 15) is 18.0 Å². The number of fused-ring (bicyclic) bond motifs is 1. The molecule has 4 nitrogen and oxygen atoms in total. The van der Waals surface area contributed by atoms with Crippen LogP contribution in [0.5, 0.6) is 0 Å². The molecule has 0 fully saturated rings. The van der Waals surface area contributed by atoms with E-state index in [-0.39, 0.29) is 17.0 Å². The Morgan fingerprint density at radius 2 is 2.00 bits per heavy atom. The zero-order valence-electron chi connectivity index (χ0n) is 10.4. The van der Waals surface area contributed by atoms with Crippen molar-refractivity contribution < 1.29 is 18.0 Å². The highest BCUT2D eigenvalue weighted by molar-refractivity contribution is 7.19. The van der Waals surface area contributed by atoms with Crippen LogP contribution < -0.4 is 0 Å². The minimum atomic E-state index is -4.67. The number of carbonyl (C=O) groups is 1. The Labute approximate surface area is 135 Å². The molecule has 0 radical (unpaired) electrons. The Morgan fingerprint density at radius 1 is 1.27 bits per heavy atom. The summed E-state index contributed by atoms with van der Waals surface area (Å²) in [5, 5.41) is 2.59. The smallest absolute Gasteiger partial charge is 0.274 e. The van der Waals surface area contributed by atoms with Crippen molar-refractivity contribution in [3.63, 3.8) is 0 Å². The monoisotopic (exact) mass is 365 g/mol. The Morgan fingerprint density at radius 3 is 2.55 bits per heavy atom. The molecular formula is C12H4Cl2F3N3OS. The molecule has 0 unspecified atom stereocenters. The molecule has 0 N–H and O–H groups in total. The van der Waals surface area contributed by atoms with Crippen molar-refractivity contribution in [3.05, 3.63) is 40.0 Å². The van der Waals surface area contributed by atoms with Crippen LogP contribution in [0.25, 0.3) is 16.2 Å². The van der Waals surface area contributed by atoms with Crippen LogP contribution in [0.1, 0.15) is 16.2 Å². The van der Waals surface area contributed by atoms with Gasteiger partial charge in [0.25, 0.3) is 5.24 Å². The summed E-state index contributed by atoms with van der Waals surface area (Å²) in [6.07, 6.45) is -4.67. The molecule has 0 aliphatic rings. The lowest BCUT2D eigenvalue weighted by Gasteiger charge is -2.10. The summed E-state index contributed by atoms with van der Waals surface area (Å²) in [6, 6.07) is 5.08. The predicted octanol–water partition coefficient (Wildman–Crippen LogP) is 4.51. The molecule has 10 heteroatoms. The van der Waals surface area contributed by atoms with E-state index < -0.39 is 17.1 Å². The van der Waals surface area contributed by atoms with E-state index in [1.165, 1.54) is 0 Å². The highest BCUT2D eigenvalue weighted by Gasteiger charge is 2.35. The van der Waals surface area contributed by atoms with E-state index in [0.717, 1.165) is 23.5 Å². The number of thiophene rings is 1. The first kappa shape index (κ1) is 15.3. The molecule has 3 aromatic heterocycles. The number of alkyl halides is 3. The predicted molar refractivity (Wildman–Crippen MR) is 76.5 cm³/mol. The molecule has 0 saturated heterocycles. The lowest BCUT2D eigenvalue weighted by atomic mass is 10.2. The normalized spacial score (nSPS) is 12.0. The van der Waals surface area contributed by atoms with Gasteiger partial charge in [-0.2, -0.15) is 18.3 Å². The summed E-state index contributed by atoms with van der Waals surface area (Å²) >= 11 is 12.1. The Balaban J connectivity index is 2.30. The van der Waals surface area contributed by atoms with Crippen molar-refractivity contribution in [1.29, 1.82) is 0 Å². The van der Waals surface area contributed by atoms with Gasteiger partial charge in [-0.15, -0.1) is 11.3 Å². The van der Waals surface area contributed by atoms with E-state index in [1.807, 2.05) is 0 Å². The molecule has 0 aliphatic carbocycles. The average molecular weight is 366 g/mol. The van der Waals surface area contributed by atoms with Crippen LogP contribution in [0, 0.1) is 0 Å². The van der Waals surface area contributed by atoms with Gasteiger partial charge in [0.05, 0.1) is 14.9 Å². The standard InChI is InChI=1S/C12H4Cl2F3N3OS/c13-9-2-1-7(22-9)5-3-8(12(15,16)17)20-10(18-5)4-6(19-20)11(14)21/h1-4H. The van der Waals surface area contributed by atoms with Gasteiger partial charge in [0.15, 0.2) is 11.3 Å². The van der Waals surface area contributed by atoms with Crippen LogP contribution in [0.3, 0.4) is 0 Å². The quantitative estimate of drug-likeness (QED) is 0.627. The fourth-order valence-electron chi connectivity index (χ4n) is 1.85. The number of hydrogen-bond donors (Lipinski definition) is 0. The zero-order chi connectivity index (χ0) is 16.1. The van der Waals surface area contributed by atoms with Gasteiger partial charge in [-0.3, -0.25) is 4.79 Å². The van der Waals surface area contributed by atoms with Gasteiger partial charge in [-0.25, -0.2) is 9.50 Å². The zero-order valence-corrected chi connectivity index (χ0v) is 12.7. The van der Waals surface area contributed by atoms with Gasteiger partial charge < -0.3 is 0 Å². The van der Waals surface area contributed by atoms with Crippen LogP contribution in [-0.4, -0.2) is 19.8 Å². The summed E-state index contributed by atoms with van der Waals surface area (Å²) in [7, 11) is 0. The number of nitrogens with zero attached hydrogens (tertiary/aromatic N) is 3. The third kappa shape index (κ3) is 2.69. The maximum atomic E-state index is 13.2. The average Bonchev–Trinajstić information content (AvgIpc) is 3.01. The van der Waals surface area contributed by atoms with Crippen LogP contribution >= 0.6 is 34.5 Å². The van der Waals surface area contributed by atoms with Crippen molar-refractivity contribution in [3.8, 4) is 10.6 Å². The van der Waals surface area contributed by atoms with E-state index >= 15 is 0 Å². The summed E-state index contributed by atoms with van der Waals surface area (Å²) in [5.74, 6) is 0. The van der Waals surface area contributed by atoms with Crippen LogP contribution in [-0.2, 0) is 6.18 Å². The summed E-state index contributed by atoms with van der Waals surface area (Å²) in [5.41, 5.74) is -1.40. The molecule has 0 bridgehead atoms. The minimum absolute atomic E-state index is 0.0881. The largest absolute Gasteiger partial charge is 0.433 e. The van der Waals surface area contributed by atoms with Gasteiger partial charge >= 0.3 is 6.18 Å². The van der Waals surface area contributed by atoms with Crippen molar-refractivity contribution >= 4 is 45.4 Å². The first-order valence-electron chi connectivity index (χ1n) is 5.69. The van der Waals surface area contributed by atoms with Gasteiger partial charge in [-0.05, 0) is 29.8 Å². The van der Waals surface area contributed by atoms with E-state index in [2.05, 4.69) is 10.1 Å². The van der Waals surface area contributed by atoms with E-state index in [1.54, 1.807) is 12.1 Å². The molecule has 0 spiro atoms. The summed E-state index contributed by atoms with van der Waals surface area (Å²) in [6.45, 7) is 0. The molecule has 22 heavy (non-hydrogen) atoms. The SMILES string of the molecule is O=C(Cl)c1cc2nc(-c3ccc(Cl)s3)cc(C(F)(F)F)n2n1. The topological polar surface area (TPSA) is 47.3 Å². The maximum absolute atomic E-state index is 13.2. The van der Waals surface area contributed by atoms with Crippen LogP contribution in [0.15, 0.2) is 24.3 Å². The van der Waals surface area contributed by atoms with Crippen molar-refractivity contribution in [2.75, 3.05) is 0 Å². The summed E-state index contributed by atoms with van der Waals surface area (Å²) in [4.78, 5) is 15.6. The Kier molecular flexibility index (Phi) is 3.62. The fraction of sp³-hybridized carbons (Fsp3) is 0.0833. The van der Waals surface area contributed by atoms with Gasteiger partial charge in [0.1, 0.15) is 5.69 Å². The van der Waals surface area contributed by atoms with Crippen molar-refractivity contribution in [1.82, 2.24) is 14.6 Å². The second-order valence-electron chi connectivity index (χ2n) is 4.20. The third-order valence-corrected chi connectivity index (χ3v) is 4.19. The Bertz CT molecular complexity index is 887. The molecule has 0 aliphatic heterocycles. The lowest BCUT2D eigenvalue weighted by molar-refractivity contribution is -0.142. The van der Waals surface area contributed by atoms with E-state index in [4.69, 9.17) is 23.2 Å². The highest BCUT2D eigenvalue weighted by Crippen LogP contribution is 2.35. The van der Waals surface area contributed by atoms with Gasteiger partial charge in [0.2, 0.25) is 0 Å². The first-order chi connectivity index (χ1) is 10.3. The molecule has 0 amide bonds. The number of aromatic nitrogens is 3. The van der Waals surface area contributed by atoms with Crippen LogP contribution in [0.4, 0.5) is 13.2 Å². The fourth-order valence-corrected chi connectivity index (χ4v) is 2.95. The maximum Gasteiger partial charge on any atom is 0.433 e. The second-order valence-corrected chi connectivity index (χ2v) is 6.26. The van der Waals surface area contributed by atoms with Gasteiger partial charge in [0, 0.05) is 6.07 Å². The molecule has 114 valence electrons. The van der Waals surface area contributed by atoms with Crippen molar-refractivity contribution in [2.45, 2.75) is 6.18 Å². The molecule has 3 heterocycles. The molecular weight excluding hydrogens is 362 g/mol. The minimum Gasteiger partial charge on any atom is -0.274 e. The molecule has 0 atom stereocenters. The molecule has 0 aromatic carbocycles. The number of carbonyl (C=O) groups excluding carboxylic acids is 1. The number of halogens is 5. The highest BCUT2D eigenvalue weighted by atomic mass is 35.5. The van der Waals surface area contributed by atoms with Gasteiger partial charge in [-0.1, -0.05) is 11.6 Å². The summed E-state index contributed by atoms with van der Waals surface area (Å²) < 4.78 is 40.6. The molecule has 3 aromatic rings. The molecule has 3 rings (SSSR count). The number of rotatable bonds is 2. The first-order valence-corrected chi connectivity index (χ1v) is 7.26.